The Labute approximate surface area is 187 Å². The first-order valence-electron chi connectivity index (χ1n) is 11.1. The Hall–Kier alpha value is -3.19. The van der Waals surface area contributed by atoms with Crippen LogP contribution in [0.1, 0.15) is 54.4 Å². The molecule has 1 aliphatic rings. The quantitative estimate of drug-likeness (QED) is 0.538. The van der Waals surface area contributed by atoms with Crippen molar-refractivity contribution in [3.05, 3.63) is 71.7 Å². The lowest BCUT2D eigenvalue weighted by molar-refractivity contribution is -0.120. The van der Waals surface area contributed by atoms with E-state index in [0.29, 0.717) is 31.5 Å². The third-order valence-corrected chi connectivity index (χ3v) is 6.61. The van der Waals surface area contributed by atoms with Gasteiger partial charge in [-0.2, -0.15) is 0 Å². The summed E-state index contributed by atoms with van der Waals surface area (Å²) in [7, 11) is 0. The highest BCUT2D eigenvalue weighted by Gasteiger charge is 2.38. The van der Waals surface area contributed by atoms with E-state index in [1.54, 1.807) is 6.20 Å². The molecule has 1 fully saturated rings. The fourth-order valence-corrected chi connectivity index (χ4v) is 4.76. The number of rotatable bonds is 5. The Bertz CT molecular complexity index is 1110. The number of carbonyl (C=O) groups excluding carboxylic acids is 2. The number of pyridine rings is 1. The lowest BCUT2D eigenvalue weighted by atomic mass is 9.74. The fourth-order valence-electron chi connectivity index (χ4n) is 4.76. The predicted octanol–water partition coefficient (Wildman–Crippen LogP) is 2.75. The second kappa shape index (κ2) is 9.12. The van der Waals surface area contributed by atoms with Crippen LogP contribution in [0.4, 0.5) is 0 Å². The molecule has 3 aromatic rings. The molecule has 1 saturated carbocycles. The van der Waals surface area contributed by atoms with Gasteiger partial charge in [-0.25, -0.2) is 4.98 Å². The standard InChI is InChI=1S/C25H30N4O3/c1-17-7-6-10-23-28-21(15-29(17)23)24(32)26-16-25(19-8-4-3-5-9-19)13-11-20(27-18(2)30)22(31)12-14-25/h3-10,15,20,22,31H,11-14,16H2,1-2H3,(H,26,32)(H,27,30)/t20-,22-,25-/m0/s1. The highest BCUT2D eigenvalue weighted by atomic mass is 16.3. The zero-order valence-corrected chi connectivity index (χ0v) is 18.5. The van der Waals surface area contributed by atoms with Crippen LogP contribution in [0.5, 0.6) is 0 Å². The highest BCUT2D eigenvalue weighted by molar-refractivity contribution is 5.93. The zero-order chi connectivity index (χ0) is 22.7. The van der Waals surface area contributed by atoms with E-state index >= 15 is 0 Å². The molecule has 0 saturated heterocycles. The van der Waals surface area contributed by atoms with Gasteiger partial charge in [0.15, 0.2) is 0 Å². The summed E-state index contributed by atoms with van der Waals surface area (Å²) in [5.74, 6) is -0.358. The van der Waals surface area contributed by atoms with Crippen molar-refractivity contribution in [2.45, 2.75) is 57.1 Å². The van der Waals surface area contributed by atoms with Crippen molar-refractivity contribution >= 4 is 17.5 Å². The maximum absolute atomic E-state index is 13.0. The molecule has 0 spiro atoms. The van der Waals surface area contributed by atoms with Crippen molar-refractivity contribution in [1.82, 2.24) is 20.0 Å². The van der Waals surface area contributed by atoms with Crippen molar-refractivity contribution in [2.75, 3.05) is 6.54 Å². The van der Waals surface area contributed by atoms with Crippen LogP contribution in [-0.4, -0.2) is 45.0 Å². The summed E-state index contributed by atoms with van der Waals surface area (Å²) in [6.45, 7) is 3.88. The van der Waals surface area contributed by atoms with E-state index in [4.69, 9.17) is 0 Å². The number of amides is 2. The number of benzene rings is 1. The highest BCUT2D eigenvalue weighted by Crippen LogP contribution is 2.38. The van der Waals surface area contributed by atoms with Gasteiger partial charge in [0.2, 0.25) is 5.91 Å². The number of nitrogens with one attached hydrogen (secondary N) is 2. The zero-order valence-electron chi connectivity index (χ0n) is 18.5. The van der Waals surface area contributed by atoms with Gasteiger partial charge in [0.25, 0.3) is 5.91 Å². The third-order valence-electron chi connectivity index (χ3n) is 6.61. The van der Waals surface area contributed by atoms with Crippen molar-refractivity contribution in [2.24, 2.45) is 0 Å². The molecule has 1 aromatic carbocycles. The van der Waals surface area contributed by atoms with Gasteiger partial charge in [-0.05, 0) is 50.3 Å². The summed E-state index contributed by atoms with van der Waals surface area (Å²) in [6, 6.07) is 15.6. The lowest BCUT2D eigenvalue weighted by Crippen LogP contribution is -2.42. The van der Waals surface area contributed by atoms with Gasteiger partial charge in [-0.1, -0.05) is 36.4 Å². The molecule has 7 nitrogen and oxygen atoms in total. The SMILES string of the molecule is CC(=O)N[C@H]1CC[C@](CNC(=O)c2cn3c(C)cccc3n2)(c2ccccc2)CC[C@@H]1O. The van der Waals surface area contributed by atoms with Crippen LogP contribution in [0.25, 0.3) is 5.65 Å². The van der Waals surface area contributed by atoms with Crippen LogP contribution in [0.15, 0.2) is 54.7 Å². The lowest BCUT2D eigenvalue weighted by Gasteiger charge is -2.34. The number of fused-ring (bicyclic) bond motifs is 1. The van der Waals surface area contributed by atoms with E-state index in [0.717, 1.165) is 23.3 Å². The predicted molar refractivity (Wildman–Crippen MR) is 122 cm³/mol. The monoisotopic (exact) mass is 434 g/mol. The maximum atomic E-state index is 13.0. The Morgan fingerprint density at radius 1 is 1.12 bits per heavy atom. The Balaban J connectivity index is 1.56. The summed E-state index contributed by atoms with van der Waals surface area (Å²) in [5, 5.41) is 16.6. The second-order valence-corrected chi connectivity index (χ2v) is 8.80. The first kappa shape index (κ1) is 22.0. The van der Waals surface area contributed by atoms with Gasteiger partial charge >= 0.3 is 0 Å². The summed E-state index contributed by atoms with van der Waals surface area (Å²) >= 11 is 0. The smallest absolute Gasteiger partial charge is 0.271 e. The Morgan fingerprint density at radius 2 is 1.88 bits per heavy atom. The third kappa shape index (κ3) is 4.53. The topological polar surface area (TPSA) is 95.7 Å². The van der Waals surface area contributed by atoms with E-state index < -0.39 is 6.10 Å². The molecule has 4 rings (SSSR count). The molecule has 2 aromatic heterocycles. The van der Waals surface area contributed by atoms with Gasteiger partial charge in [-0.15, -0.1) is 0 Å². The molecule has 32 heavy (non-hydrogen) atoms. The summed E-state index contributed by atoms with van der Waals surface area (Å²) in [5.41, 5.74) is 2.93. The molecule has 0 unspecified atom stereocenters. The molecule has 0 bridgehead atoms. The van der Waals surface area contributed by atoms with E-state index in [1.807, 2.05) is 47.7 Å². The van der Waals surface area contributed by atoms with Crippen LogP contribution >= 0.6 is 0 Å². The van der Waals surface area contributed by atoms with E-state index in [1.165, 1.54) is 6.92 Å². The molecular formula is C25H30N4O3. The number of aromatic nitrogens is 2. The van der Waals surface area contributed by atoms with Crippen molar-refractivity contribution in [1.29, 1.82) is 0 Å². The molecule has 3 atom stereocenters. The Kier molecular flexibility index (Phi) is 6.28. The van der Waals surface area contributed by atoms with E-state index in [9.17, 15) is 14.7 Å². The van der Waals surface area contributed by atoms with Gasteiger partial charge in [0.05, 0.1) is 12.1 Å². The molecule has 7 heteroatoms. The maximum Gasteiger partial charge on any atom is 0.271 e. The molecular weight excluding hydrogens is 404 g/mol. The molecule has 0 radical (unpaired) electrons. The molecule has 2 heterocycles. The van der Waals surface area contributed by atoms with Crippen molar-refractivity contribution in [3.63, 3.8) is 0 Å². The van der Waals surface area contributed by atoms with Crippen molar-refractivity contribution < 1.29 is 14.7 Å². The number of carbonyl (C=O) groups is 2. The molecule has 168 valence electrons. The largest absolute Gasteiger partial charge is 0.391 e. The Morgan fingerprint density at radius 3 is 2.59 bits per heavy atom. The number of hydrogen-bond acceptors (Lipinski definition) is 4. The number of aliphatic hydroxyl groups excluding tert-OH is 1. The number of aliphatic hydroxyl groups is 1. The minimum absolute atomic E-state index is 0.142. The molecule has 1 aliphatic carbocycles. The van der Waals surface area contributed by atoms with Crippen LogP contribution in [0, 0.1) is 6.92 Å². The fraction of sp³-hybridized carbons (Fsp3) is 0.400. The van der Waals surface area contributed by atoms with E-state index in [2.05, 4.69) is 27.8 Å². The van der Waals surface area contributed by atoms with Crippen LogP contribution in [0.2, 0.25) is 0 Å². The second-order valence-electron chi connectivity index (χ2n) is 8.80. The van der Waals surface area contributed by atoms with Gasteiger partial charge in [0, 0.05) is 30.8 Å². The molecule has 2 amide bonds. The minimum atomic E-state index is -0.610. The molecule has 0 aliphatic heterocycles. The number of aryl methyl sites for hydroxylation is 1. The van der Waals surface area contributed by atoms with Gasteiger partial charge in [0.1, 0.15) is 11.3 Å². The average Bonchev–Trinajstić information content (AvgIpc) is 3.17. The summed E-state index contributed by atoms with van der Waals surface area (Å²) in [4.78, 5) is 29.1. The first-order valence-corrected chi connectivity index (χ1v) is 11.1. The minimum Gasteiger partial charge on any atom is -0.391 e. The van der Waals surface area contributed by atoms with Crippen LogP contribution < -0.4 is 10.6 Å². The van der Waals surface area contributed by atoms with Crippen LogP contribution in [-0.2, 0) is 10.2 Å². The van der Waals surface area contributed by atoms with E-state index in [-0.39, 0.29) is 23.3 Å². The number of imidazole rings is 1. The van der Waals surface area contributed by atoms with Crippen LogP contribution in [0.3, 0.4) is 0 Å². The average molecular weight is 435 g/mol. The summed E-state index contributed by atoms with van der Waals surface area (Å²) in [6.07, 6.45) is 3.78. The number of nitrogens with zero attached hydrogens (tertiary/aromatic N) is 2. The van der Waals surface area contributed by atoms with Gasteiger partial charge in [-0.3, -0.25) is 9.59 Å². The first-order chi connectivity index (χ1) is 15.4. The normalized spacial score (nSPS) is 23.5. The van der Waals surface area contributed by atoms with Crippen molar-refractivity contribution in [3.8, 4) is 0 Å². The molecule has 3 N–H and O–H groups in total. The van der Waals surface area contributed by atoms with Gasteiger partial charge < -0.3 is 20.1 Å². The summed E-state index contributed by atoms with van der Waals surface area (Å²) < 4.78 is 1.90. The number of hydrogen-bond donors (Lipinski definition) is 3.